The summed E-state index contributed by atoms with van der Waals surface area (Å²) in [5, 5.41) is 1.11. The minimum absolute atomic E-state index is 0.661. The van der Waals surface area contributed by atoms with Crippen molar-refractivity contribution >= 4 is 58.7 Å². The summed E-state index contributed by atoms with van der Waals surface area (Å²) in [7, 11) is 4.10. The van der Waals surface area contributed by atoms with E-state index in [2.05, 4.69) is 99.9 Å². The standard InChI is InChI=1S/C19H19Br3N2O/c1-23(2)7-8-25-18-12-24(11-13-3-5-14(20)6-4-13)19-16(18)9-15(21)10-17(19)22/h3-6,9-10,12H,7-8,11H2,1-2H3. The van der Waals surface area contributed by atoms with Gasteiger partial charge in [0, 0.05) is 38.1 Å². The minimum Gasteiger partial charge on any atom is -0.490 e. The summed E-state index contributed by atoms with van der Waals surface area (Å²) in [6.07, 6.45) is 2.10. The van der Waals surface area contributed by atoms with Gasteiger partial charge in [-0.1, -0.05) is 44.0 Å². The Labute approximate surface area is 173 Å². The molecule has 0 aliphatic heterocycles. The van der Waals surface area contributed by atoms with E-state index in [9.17, 15) is 0 Å². The summed E-state index contributed by atoms with van der Waals surface area (Å²) in [4.78, 5) is 2.12. The number of likely N-dealkylation sites (N-methyl/N-ethyl adjacent to an activating group) is 1. The summed E-state index contributed by atoms with van der Waals surface area (Å²) in [6.45, 7) is 2.34. The van der Waals surface area contributed by atoms with E-state index in [0.717, 1.165) is 43.2 Å². The van der Waals surface area contributed by atoms with Crippen molar-refractivity contribution in [3.05, 3.63) is 61.6 Å². The predicted molar refractivity (Wildman–Crippen MR) is 115 cm³/mol. The summed E-state index contributed by atoms with van der Waals surface area (Å²) in [5.74, 6) is 0.913. The fourth-order valence-corrected chi connectivity index (χ4v) is 4.40. The van der Waals surface area contributed by atoms with Crippen molar-refractivity contribution in [2.24, 2.45) is 0 Å². The van der Waals surface area contributed by atoms with E-state index < -0.39 is 0 Å². The molecule has 0 aliphatic carbocycles. The highest BCUT2D eigenvalue weighted by Gasteiger charge is 2.14. The van der Waals surface area contributed by atoms with Crippen LogP contribution in [0.3, 0.4) is 0 Å². The van der Waals surface area contributed by atoms with Gasteiger partial charge in [0.25, 0.3) is 0 Å². The maximum absolute atomic E-state index is 6.07. The van der Waals surface area contributed by atoms with Crippen molar-refractivity contribution in [2.45, 2.75) is 6.54 Å². The van der Waals surface area contributed by atoms with Crippen LogP contribution in [-0.4, -0.2) is 36.7 Å². The van der Waals surface area contributed by atoms with Gasteiger partial charge in [-0.15, -0.1) is 0 Å². The van der Waals surface area contributed by atoms with E-state index in [-0.39, 0.29) is 0 Å². The smallest absolute Gasteiger partial charge is 0.144 e. The van der Waals surface area contributed by atoms with E-state index in [0.29, 0.717) is 6.61 Å². The van der Waals surface area contributed by atoms with E-state index in [1.54, 1.807) is 0 Å². The molecule has 0 unspecified atom stereocenters. The zero-order valence-corrected chi connectivity index (χ0v) is 18.9. The molecule has 2 aromatic carbocycles. The third kappa shape index (κ3) is 4.67. The molecule has 6 heteroatoms. The monoisotopic (exact) mass is 528 g/mol. The molecule has 0 spiro atoms. The Morgan fingerprint density at radius 3 is 2.40 bits per heavy atom. The molecule has 0 saturated carbocycles. The predicted octanol–water partition coefficient (Wildman–Crippen LogP) is 5.92. The van der Waals surface area contributed by atoms with Gasteiger partial charge in [0.05, 0.1) is 5.52 Å². The van der Waals surface area contributed by atoms with Crippen LogP contribution >= 0.6 is 47.8 Å². The third-order valence-electron chi connectivity index (χ3n) is 3.92. The average molecular weight is 531 g/mol. The Kier molecular flexibility index (Phi) is 6.25. The summed E-state index contributed by atoms with van der Waals surface area (Å²) >= 11 is 10.8. The van der Waals surface area contributed by atoms with Crippen LogP contribution in [0.1, 0.15) is 5.56 Å². The van der Waals surface area contributed by atoms with Crippen molar-refractivity contribution in [2.75, 3.05) is 27.2 Å². The van der Waals surface area contributed by atoms with Crippen molar-refractivity contribution < 1.29 is 4.74 Å². The van der Waals surface area contributed by atoms with Gasteiger partial charge >= 0.3 is 0 Å². The maximum atomic E-state index is 6.07. The van der Waals surface area contributed by atoms with Crippen LogP contribution in [0.4, 0.5) is 0 Å². The topological polar surface area (TPSA) is 17.4 Å². The summed E-state index contributed by atoms with van der Waals surface area (Å²) in [6, 6.07) is 12.6. The first-order valence-electron chi connectivity index (χ1n) is 7.94. The zero-order chi connectivity index (χ0) is 18.0. The van der Waals surface area contributed by atoms with Crippen LogP contribution < -0.4 is 4.74 Å². The first-order valence-corrected chi connectivity index (χ1v) is 10.3. The van der Waals surface area contributed by atoms with E-state index >= 15 is 0 Å². The number of nitrogens with zero attached hydrogens (tertiary/aromatic N) is 2. The number of rotatable bonds is 6. The van der Waals surface area contributed by atoms with Gasteiger partial charge in [-0.25, -0.2) is 0 Å². The molecule has 0 atom stereocenters. The van der Waals surface area contributed by atoms with Gasteiger partial charge in [-0.2, -0.15) is 0 Å². The molecule has 0 aliphatic rings. The highest BCUT2D eigenvalue weighted by atomic mass is 79.9. The van der Waals surface area contributed by atoms with Gasteiger partial charge in [0.2, 0.25) is 0 Å². The Balaban J connectivity index is 1.98. The van der Waals surface area contributed by atoms with Crippen molar-refractivity contribution in [3.8, 4) is 5.75 Å². The van der Waals surface area contributed by atoms with E-state index in [4.69, 9.17) is 4.74 Å². The molecule has 3 nitrogen and oxygen atoms in total. The van der Waals surface area contributed by atoms with Gasteiger partial charge in [-0.05, 0) is 59.9 Å². The molecule has 0 fully saturated rings. The molecular weight excluding hydrogens is 512 g/mol. The number of ether oxygens (including phenoxy) is 1. The molecule has 0 saturated heterocycles. The molecule has 0 amide bonds. The second kappa shape index (κ2) is 8.25. The zero-order valence-electron chi connectivity index (χ0n) is 14.1. The highest BCUT2D eigenvalue weighted by Crippen LogP contribution is 2.36. The lowest BCUT2D eigenvalue weighted by Crippen LogP contribution is -2.19. The fourth-order valence-electron chi connectivity index (χ4n) is 2.69. The molecule has 0 bridgehead atoms. The first kappa shape index (κ1) is 19.0. The molecular formula is C19H19Br3N2O. The molecule has 132 valence electrons. The number of halogens is 3. The van der Waals surface area contributed by atoms with Crippen molar-refractivity contribution in [1.29, 1.82) is 0 Å². The Morgan fingerprint density at radius 2 is 1.72 bits per heavy atom. The van der Waals surface area contributed by atoms with Gasteiger partial charge in [0.1, 0.15) is 12.4 Å². The van der Waals surface area contributed by atoms with Crippen LogP contribution in [0, 0.1) is 0 Å². The van der Waals surface area contributed by atoms with E-state index in [1.807, 2.05) is 14.1 Å². The van der Waals surface area contributed by atoms with Gasteiger partial charge in [0.15, 0.2) is 0 Å². The van der Waals surface area contributed by atoms with Crippen LogP contribution in [0.5, 0.6) is 5.75 Å². The number of aromatic nitrogens is 1. The van der Waals surface area contributed by atoms with Crippen LogP contribution in [-0.2, 0) is 6.54 Å². The number of benzene rings is 2. The lowest BCUT2D eigenvalue weighted by molar-refractivity contribution is 0.263. The first-order chi connectivity index (χ1) is 11.9. The summed E-state index contributed by atoms with van der Waals surface area (Å²) in [5.41, 5.74) is 2.39. The fraction of sp³-hybridized carbons (Fsp3) is 0.263. The SMILES string of the molecule is CN(C)CCOc1cn(Cc2ccc(Br)cc2)c2c(Br)cc(Br)cc12. The summed E-state index contributed by atoms with van der Waals surface area (Å²) < 4.78 is 11.5. The molecule has 0 radical (unpaired) electrons. The van der Waals surface area contributed by atoms with E-state index in [1.165, 1.54) is 5.56 Å². The molecule has 25 heavy (non-hydrogen) atoms. The third-order valence-corrected chi connectivity index (χ3v) is 5.51. The molecule has 1 heterocycles. The average Bonchev–Trinajstić information content (AvgIpc) is 2.87. The second-order valence-electron chi connectivity index (χ2n) is 6.18. The lowest BCUT2D eigenvalue weighted by atomic mass is 10.2. The Morgan fingerprint density at radius 1 is 1.00 bits per heavy atom. The quantitative estimate of drug-likeness (QED) is 0.394. The van der Waals surface area contributed by atoms with Gasteiger partial charge < -0.3 is 14.2 Å². The van der Waals surface area contributed by atoms with Crippen molar-refractivity contribution in [3.63, 3.8) is 0 Å². The lowest BCUT2D eigenvalue weighted by Gasteiger charge is -2.10. The number of hydrogen-bond acceptors (Lipinski definition) is 2. The maximum Gasteiger partial charge on any atom is 0.144 e. The van der Waals surface area contributed by atoms with Crippen molar-refractivity contribution in [1.82, 2.24) is 9.47 Å². The minimum atomic E-state index is 0.661. The highest BCUT2D eigenvalue weighted by molar-refractivity contribution is 9.11. The van der Waals surface area contributed by atoms with Gasteiger partial charge in [-0.3, -0.25) is 0 Å². The Hall–Kier alpha value is -0.820. The molecule has 3 rings (SSSR count). The molecule has 1 aromatic heterocycles. The largest absolute Gasteiger partial charge is 0.490 e. The van der Waals surface area contributed by atoms with Crippen LogP contribution in [0.25, 0.3) is 10.9 Å². The number of fused-ring (bicyclic) bond motifs is 1. The van der Waals surface area contributed by atoms with Crippen LogP contribution in [0.15, 0.2) is 56.0 Å². The second-order valence-corrected chi connectivity index (χ2v) is 8.87. The molecule has 3 aromatic rings. The molecule has 0 N–H and O–H groups in total. The Bertz CT molecular complexity index is 873. The van der Waals surface area contributed by atoms with Crippen LogP contribution in [0.2, 0.25) is 0 Å². The normalized spacial score (nSPS) is 11.4. The number of hydrogen-bond donors (Lipinski definition) is 0.